The highest BCUT2D eigenvalue weighted by atomic mass is 16.3. The third kappa shape index (κ3) is 4.28. The van der Waals surface area contributed by atoms with Crippen LogP contribution in [0, 0.1) is 5.92 Å². The Bertz CT molecular complexity index is 227. The summed E-state index contributed by atoms with van der Waals surface area (Å²) in [5.74, 6) is 0.527. The fraction of sp³-hybridized carbons (Fsp3) is 0.923. The molecule has 0 aliphatic carbocycles. The smallest absolute Gasteiger partial charge is 0.223 e. The van der Waals surface area contributed by atoms with Gasteiger partial charge in [0.2, 0.25) is 5.91 Å². The molecule has 1 fully saturated rings. The van der Waals surface area contributed by atoms with Crippen LogP contribution >= 0.6 is 0 Å². The average Bonchev–Trinajstić information content (AvgIpc) is 2.36. The molecule has 3 N–H and O–H groups in total. The van der Waals surface area contributed by atoms with Crippen molar-refractivity contribution in [3.63, 3.8) is 0 Å². The maximum absolute atomic E-state index is 12.2. The monoisotopic (exact) mass is 242 g/mol. The highest BCUT2D eigenvalue weighted by molar-refractivity contribution is 5.77. The van der Waals surface area contributed by atoms with Gasteiger partial charge in [-0.25, -0.2) is 0 Å². The van der Waals surface area contributed by atoms with Crippen LogP contribution in [0.3, 0.4) is 0 Å². The third-order valence-electron chi connectivity index (χ3n) is 3.78. The number of nitrogens with zero attached hydrogens (tertiary/aromatic N) is 1. The van der Waals surface area contributed by atoms with Gasteiger partial charge in [-0.05, 0) is 38.1 Å². The second kappa shape index (κ2) is 7.67. The maximum atomic E-state index is 12.2. The van der Waals surface area contributed by atoms with Crippen molar-refractivity contribution >= 4 is 5.91 Å². The first-order chi connectivity index (χ1) is 8.22. The van der Waals surface area contributed by atoms with E-state index in [1.54, 1.807) is 0 Å². The predicted octanol–water partition coefficient (Wildman–Crippen LogP) is 1.12. The highest BCUT2D eigenvalue weighted by Crippen LogP contribution is 2.21. The van der Waals surface area contributed by atoms with E-state index in [1.807, 2.05) is 4.90 Å². The number of carbonyl (C=O) groups excluding carboxylic acids is 1. The van der Waals surface area contributed by atoms with Crippen molar-refractivity contribution in [1.29, 1.82) is 0 Å². The molecule has 1 heterocycles. The standard InChI is InChI=1S/C13H26N2O2/c1-2-11(10-14)9-13(17)15-7-4-3-5-12(15)6-8-16/h11-12,16H,2-10,14H2,1H3. The van der Waals surface area contributed by atoms with Gasteiger partial charge in [-0.15, -0.1) is 0 Å². The van der Waals surface area contributed by atoms with Crippen molar-refractivity contribution in [2.75, 3.05) is 19.7 Å². The van der Waals surface area contributed by atoms with E-state index in [0.29, 0.717) is 25.3 Å². The molecule has 2 atom stereocenters. The molecule has 4 heteroatoms. The number of hydrogen-bond donors (Lipinski definition) is 2. The summed E-state index contributed by atoms with van der Waals surface area (Å²) in [4.78, 5) is 14.2. The second-order valence-corrected chi connectivity index (χ2v) is 4.96. The Morgan fingerprint density at radius 1 is 1.53 bits per heavy atom. The van der Waals surface area contributed by atoms with E-state index < -0.39 is 0 Å². The number of carbonyl (C=O) groups is 1. The van der Waals surface area contributed by atoms with Gasteiger partial charge in [0.15, 0.2) is 0 Å². The molecule has 0 bridgehead atoms. The molecule has 1 rings (SSSR count). The molecule has 2 unspecified atom stereocenters. The molecule has 1 amide bonds. The quantitative estimate of drug-likeness (QED) is 0.733. The molecule has 0 spiro atoms. The van der Waals surface area contributed by atoms with Gasteiger partial charge >= 0.3 is 0 Å². The summed E-state index contributed by atoms with van der Waals surface area (Å²) in [5.41, 5.74) is 5.64. The minimum Gasteiger partial charge on any atom is -0.396 e. The first kappa shape index (κ1) is 14.5. The van der Waals surface area contributed by atoms with Gasteiger partial charge in [-0.3, -0.25) is 4.79 Å². The summed E-state index contributed by atoms with van der Waals surface area (Å²) in [6, 6.07) is 0.247. The minimum absolute atomic E-state index is 0.169. The zero-order valence-corrected chi connectivity index (χ0v) is 10.9. The van der Waals surface area contributed by atoms with Gasteiger partial charge in [0, 0.05) is 25.6 Å². The van der Waals surface area contributed by atoms with Crippen molar-refractivity contribution in [1.82, 2.24) is 4.90 Å². The van der Waals surface area contributed by atoms with E-state index >= 15 is 0 Å². The number of aliphatic hydroxyl groups excluding tert-OH is 1. The second-order valence-electron chi connectivity index (χ2n) is 4.96. The normalized spacial score (nSPS) is 22.5. The Hall–Kier alpha value is -0.610. The van der Waals surface area contributed by atoms with Crippen molar-refractivity contribution in [3.8, 4) is 0 Å². The molecule has 0 aromatic rings. The molecular formula is C13H26N2O2. The first-order valence-electron chi connectivity index (χ1n) is 6.83. The molecular weight excluding hydrogens is 216 g/mol. The largest absolute Gasteiger partial charge is 0.396 e. The molecule has 0 aromatic heterocycles. The van der Waals surface area contributed by atoms with E-state index in [-0.39, 0.29) is 18.6 Å². The zero-order chi connectivity index (χ0) is 12.7. The summed E-state index contributed by atoms with van der Waals surface area (Å²) in [7, 11) is 0. The van der Waals surface area contributed by atoms with Crippen LogP contribution in [0.1, 0.15) is 45.4 Å². The Morgan fingerprint density at radius 3 is 2.88 bits per heavy atom. The van der Waals surface area contributed by atoms with Gasteiger partial charge in [0.05, 0.1) is 0 Å². The first-order valence-corrected chi connectivity index (χ1v) is 6.83. The van der Waals surface area contributed by atoms with Crippen LogP contribution in [0.4, 0.5) is 0 Å². The van der Waals surface area contributed by atoms with Crippen LogP contribution in [-0.2, 0) is 4.79 Å². The van der Waals surface area contributed by atoms with E-state index in [2.05, 4.69) is 6.92 Å². The van der Waals surface area contributed by atoms with Crippen LogP contribution in [0.2, 0.25) is 0 Å². The summed E-state index contributed by atoms with van der Waals surface area (Å²) < 4.78 is 0. The highest BCUT2D eigenvalue weighted by Gasteiger charge is 2.27. The molecule has 4 nitrogen and oxygen atoms in total. The number of rotatable bonds is 6. The summed E-state index contributed by atoms with van der Waals surface area (Å²) in [6.07, 6.45) is 5.53. The van der Waals surface area contributed by atoms with Crippen LogP contribution in [-0.4, -0.2) is 41.7 Å². The number of aliphatic hydroxyl groups is 1. The summed E-state index contributed by atoms with van der Waals surface area (Å²) in [6.45, 7) is 3.68. The van der Waals surface area contributed by atoms with Gasteiger partial charge in [0.1, 0.15) is 0 Å². The lowest BCUT2D eigenvalue weighted by molar-refractivity contribution is -0.136. The van der Waals surface area contributed by atoms with Gasteiger partial charge in [-0.1, -0.05) is 13.3 Å². The summed E-state index contributed by atoms with van der Waals surface area (Å²) in [5, 5.41) is 9.03. The zero-order valence-electron chi connectivity index (χ0n) is 10.9. The van der Waals surface area contributed by atoms with E-state index in [0.717, 1.165) is 25.8 Å². The number of hydrogen-bond acceptors (Lipinski definition) is 3. The van der Waals surface area contributed by atoms with Gasteiger partial charge < -0.3 is 15.7 Å². The topological polar surface area (TPSA) is 66.6 Å². The molecule has 0 aromatic carbocycles. The maximum Gasteiger partial charge on any atom is 0.223 e. The van der Waals surface area contributed by atoms with Crippen LogP contribution < -0.4 is 5.73 Å². The minimum atomic E-state index is 0.169. The van der Waals surface area contributed by atoms with Gasteiger partial charge in [0.25, 0.3) is 0 Å². The molecule has 1 aliphatic heterocycles. The Morgan fingerprint density at radius 2 is 2.29 bits per heavy atom. The van der Waals surface area contributed by atoms with Crippen LogP contribution in [0.15, 0.2) is 0 Å². The third-order valence-corrected chi connectivity index (χ3v) is 3.78. The lowest BCUT2D eigenvalue weighted by Crippen LogP contribution is -2.45. The lowest BCUT2D eigenvalue weighted by atomic mass is 9.96. The molecule has 100 valence electrons. The van der Waals surface area contributed by atoms with E-state index in [9.17, 15) is 4.79 Å². The fourth-order valence-electron chi connectivity index (χ4n) is 2.54. The molecule has 0 radical (unpaired) electrons. The SMILES string of the molecule is CCC(CN)CC(=O)N1CCCCC1CCO. The van der Waals surface area contributed by atoms with Crippen molar-refractivity contribution in [3.05, 3.63) is 0 Å². The Labute approximate surface area is 104 Å². The number of nitrogens with two attached hydrogens (primary N) is 1. The lowest BCUT2D eigenvalue weighted by Gasteiger charge is -2.36. The van der Waals surface area contributed by atoms with E-state index in [1.165, 1.54) is 6.42 Å². The molecule has 1 saturated heterocycles. The molecule has 1 aliphatic rings. The van der Waals surface area contributed by atoms with Crippen molar-refractivity contribution in [2.24, 2.45) is 11.7 Å². The molecule has 0 saturated carbocycles. The number of likely N-dealkylation sites (tertiary alicyclic amines) is 1. The van der Waals surface area contributed by atoms with Crippen molar-refractivity contribution in [2.45, 2.75) is 51.5 Å². The van der Waals surface area contributed by atoms with Gasteiger partial charge in [-0.2, -0.15) is 0 Å². The fourth-order valence-corrected chi connectivity index (χ4v) is 2.54. The van der Waals surface area contributed by atoms with Crippen LogP contribution in [0.5, 0.6) is 0 Å². The van der Waals surface area contributed by atoms with Crippen LogP contribution in [0.25, 0.3) is 0 Å². The summed E-state index contributed by atoms with van der Waals surface area (Å²) >= 11 is 0. The van der Waals surface area contributed by atoms with E-state index in [4.69, 9.17) is 10.8 Å². The number of amides is 1. The predicted molar refractivity (Wildman–Crippen MR) is 68.5 cm³/mol. The average molecular weight is 242 g/mol. The van der Waals surface area contributed by atoms with Crippen molar-refractivity contribution < 1.29 is 9.90 Å². The number of piperidine rings is 1. The Kier molecular flexibility index (Phi) is 6.52. The molecule has 17 heavy (non-hydrogen) atoms. The Balaban J connectivity index is 2.52.